The number of halogens is 1. The Morgan fingerprint density at radius 1 is 1.20 bits per heavy atom. The zero-order chi connectivity index (χ0) is 17.6. The molecule has 3 heterocycles. The van der Waals surface area contributed by atoms with Crippen molar-refractivity contribution in [3.63, 3.8) is 0 Å². The van der Waals surface area contributed by atoms with Crippen molar-refractivity contribution in [1.29, 1.82) is 5.41 Å². The number of nitrogens with one attached hydrogen (secondary N) is 1. The molecule has 7 heteroatoms. The van der Waals surface area contributed by atoms with Gasteiger partial charge in [-0.1, -0.05) is 11.6 Å². The average Bonchev–Trinajstić information content (AvgIpc) is 3.18. The molecule has 0 saturated heterocycles. The fourth-order valence-electron chi connectivity index (χ4n) is 2.54. The van der Waals surface area contributed by atoms with Crippen molar-refractivity contribution in [3.8, 4) is 11.3 Å². The summed E-state index contributed by atoms with van der Waals surface area (Å²) < 4.78 is 5.75. The minimum absolute atomic E-state index is 0.0763. The van der Waals surface area contributed by atoms with Crippen molar-refractivity contribution in [1.82, 2.24) is 5.06 Å². The van der Waals surface area contributed by atoms with E-state index in [-0.39, 0.29) is 11.4 Å². The van der Waals surface area contributed by atoms with Crippen molar-refractivity contribution in [2.75, 3.05) is 0 Å². The Hall–Kier alpha value is -3.12. The summed E-state index contributed by atoms with van der Waals surface area (Å²) in [5.41, 5.74) is 0.964. The van der Waals surface area contributed by atoms with E-state index in [1.165, 1.54) is 11.1 Å². The van der Waals surface area contributed by atoms with Gasteiger partial charge in [-0.25, -0.2) is 0 Å². The Morgan fingerprint density at radius 2 is 1.96 bits per heavy atom. The quantitative estimate of drug-likeness (QED) is 0.826. The zero-order valence-electron chi connectivity index (χ0n) is 13.1. The van der Waals surface area contributed by atoms with Crippen LogP contribution in [0, 0.1) is 5.41 Å². The van der Waals surface area contributed by atoms with Gasteiger partial charge < -0.3 is 9.25 Å². The summed E-state index contributed by atoms with van der Waals surface area (Å²) in [7, 11) is 0. The predicted octanol–water partition coefficient (Wildman–Crippen LogP) is 4.05. The van der Waals surface area contributed by atoms with Gasteiger partial charge in [0.1, 0.15) is 17.3 Å². The lowest BCUT2D eigenvalue weighted by atomic mass is 10.1. The van der Waals surface area contributed by atoms with Gasteiger partial charge in [-0.05, 0) is 49.4 Å². The highest BCUT2D eigenvalue weighted by Gasteiger charge is 2.34. The van der Waals surface area contributed by atoms with E-state index in [2.05, 4.69) is 4.99 Å². The predicted molar refractivity (Wildman–Crippen MR) is 94.0 cm³/mol. The zero-order valence-corrected chi connectivity index (χ0v) is 13.9. The van der Waals surface area contributed by atoms with Gasteiger partial charge in [-0.15, -0.1) is 5.06 Å². The normalized spacial score (nSPS) is 18.2. The number of amides is 1. The van der Waals surface area contributed by atoms with E-state index in [0.717, 1.165) is 5.56 Å². The molecular formula is C18H12ClN3O3. The van der Waals surface area contributed by atoms with Crippen molar-refractivity contribution in [2.24, 2.45) is 4.99 Å². The van der Waals surface area contributed by atoms with Gasteiger partial charge in [0.05, 0.1) is 5.57 Å². The Bertz CT molecular complexity index is 983. The molecule has 0 spiro atoms. The number of hydrogen-bond donors (Lipinski definition) is 1. The summed E-state index contributed by atoms with van der Waals surface area (Å²) in [5, 5.41) is 10.0. The molecular weight excluding hydrogens is 342 g/mol. The SMILES string of the molecule is CC1=CC2=NC(=O)/C(=C\c3ccc(-c4ccc(Cl)cc4)o3)C(=N)N2O1. The van der Waals surface area contributed by atoms with Gasteiger partial charge in [0.15, 0.2) is 11.7 Å². The average molecular weight is 354 g/mol. The Labute approximate surface area is 148 Å². The number of fused-ring (bicyclic) bond motifs is 1. The molecule has 0 atom stereocenters. The van der Waals surface area contributed by atoms with Crippen LogP contribution < -0.4 is 0 Å². The van der Waals surface area contributed by atoms with E-state index < -0.39 is 5.91 Å². The maximum atomic E-state index is 12.2. The molecule has 2 aliphatic heterocycles. The fraction of sp³-hybridized carbons (Fsp3) is 0.0556. The summed E-state index contributed by atoms with van der Waals surface area (Å²) in [6.07, 6.45) is 3.09. The first-order valence-electron chi connectivity index (χ1n) is 7.47. The number of rotatable bonds is 2. The lowest BCUT2D eigenvalue weighted by molar-refractivity contribution is -0.114. The largest absolute Gasteiger partial charge is 0.457 e. The smallest absolute Gasteiger partial charge is 0.283 e. The molecule has 0 saturated carbocycles. The van der Waals surface area contributed by atoms with Crippen molar-refractivity contribution < 1.29 is 14.0 Å². The third-order valence-electron chi connectivity index (χ3n) is 3.72. The van der Waals surface area contributed by atoms with Gasteiger partial charge in [-0.3, -0.25) is 10.2 Å². The lowest BCUT2D eigenvalue weighted by Gasteiger charge is -2.22. The molecule has 1 N–H and O–H groups in total. The minimum atomic E-state index is -0.504. The number of carbonyl (C=O) groups is 1. The maximum Gasteiger partial charge on any atom is 0.283 e. The number of hydroxylamine groups is 2. The van der Waals surface area contributed by atoms with Crippen LogP contribution in [-0.2, 0) is 9.63 Å². The van der Waals surface area contributed by atoms with Gasteiger partial charge >= 0.3 is 0 Å². The molecule has 1 aromatic carbocycles. The molecule has 0 aliphatic carbocycles. The third-order valence-corrected chi connectivity index (χ3v) is 3.97. The molecule has 0 fully saturated rings. The van der Waals surface area contributed by atoms with Crippen LogP contribution in [0.15, 0.2) is 63.2 Å². The number of aliphatic imine (C=N–C) groups is 1. The first-order chi connectivity index (χ1) is 12.0. The molecule has 1 aromatic heterocycles. The number of nitrogens with zero attached hydrogens (tertiary/aromatic N) is 2. The number of benzene rings is 1. The van der Waals surface area contributed by atoms with E-state index >= 15 is 0 Å². The second-order valence-corrected chi connectivity index (χ2v) is 5.97. The van der Waals surface area contributed by atoms with Crippen LogP contribution in [0.3, 0.4) is 0 Å². The van der Waals surface area contributed by atoms with Gasteiger partial charge in [0.2, 0.25) is 0 Å². The number of furan rings is 1. The van der Waals surface area contributed by atoms with Gasteiger partial charge in [0, 0.05) is 16.7 Å². The molecule has 2 aromatic rings. The summed E-state index contributed by atoms with van der Waals surface area (Å²) >= 11 is 5.89. The molecule has 0 bridgehead atoms. The lowest BCUT2D eigenvalue weighted by Crippen LogP contribution is -2.38. The molecule has 0 unspecified atom stereocenters. The van der Waals surface area contributed by atoms with E-state index in [1.807, 2.05) is 12.1 Å². The highest BCUT2D eigenvalue weighted by molar-refractivity contribution is 6.32. The fourth-order valence-corrected chi connectivity index (χ4v) is 2.67. The van der Waals surface area contributed by atoms with E-state index in [9.17, 15) is 4.79 Å². The topological polar surface area (TPSA) is 78.9 Å². The van der Waals surface area contributed by atoms with Gasteiger partial charge in [0.25, 0.3) is 5.91 Å². The van der Waals surface area contributed by atoms with Crippen molar-refractivity contribution >= 4 is 35.3 Å². The number of allylic oxidation sites excluding steroid dienone is 1. The molecule has 124 valence electrons. The minimum Gasteiger partial charge on any atom is -0.457 e. The molecule has 2 aliphatic rings. The first-order valence-corrected chi connectivity index (χ1v) is 7.85. The monoisotopic (exact) mass is 353 g/mol. The molecule has 25 heavy (non-hydrogen) atoms. The van der Waals surface area contributed by atoms with Crippen LogP contribution >= 0.6 is 11.6 Å². The van der Waals surface area contributed by atoms with E-state index in [0.29, 0.717) is 28.1 Å². The number of carbonyl (C=O) groups excluding carboxylic acids is 1. The van der Waals surface area contributed by atoms with Crippen LogP contribution in [0.5, 0.6) is 0 Å². The third kappa shape index (κ3) is 2.77. The highest BCUT2D eigenvalue weighted by Crippen LogP contribution is 2.27. The second-order valence-electron chi connectivity index (χ2n) is 5.53. The highest BCUT2D eigenvalue weighted by atomic mass is 35.5. The molecule has 1 amide bonds. The first kappa shape index (κ1) is 15.4. The Balaban J connectivity index is 1.65. The van der Waals surface area contributed by atoms with Crippen LogP contribution in [0.1, 0.15) is 12.7 Å². The van der Waals surface area contributed by atoms with E-state index in [4.69, 9.17) is 26.3 Å². The summed E-state index contributed by atoms with van der Waals surface area (Å²) in [5.74, 6) is 1.38. The second kappa shape index (κ2) is 5.75. The van der Waals surface area contributed by atoms with Crippen LogP contribution in [0.4, 0.5) is 0 Å². The van der Waals surface area contributed by atoms with Crippen LogP contribution in [-0.4, -0.2) is 22.6 Å². The Kier molecular flexibility index (Phi) is 3.54. The molecule has 4 rings (SSSR count). The number of hydrogen-bond acceptors (Lipinski definition) is 4. The maximum absolute atomic E-state index is 12.2. The number of amidine groups is 2. The summed E-state index contributed by atoms with van der Waals surface area (Å²) in [6.45, 7) is 1.73. The van der Waals surface area contributed by atoms with Crippen molar-refractivity contribution in [3.05, 3.63) is 64.6 Å². The van der Waals surface area contributed by atoms with Crippen molar-refractivity contribution in [2.45, 2.75) is 6.92 Å². The van der Waals surface area contributed by atoms with Gasteiger partial charge in [-0.2, -0.15) is 4.99 Å². The summed E-state index contributed by atoms with van der Waals surface area (Å²) in [6, 6.07) is 10.7. The molecule has 0 radical (unpaired) electrons. The summed E-state index contributed by atoms with van der Waals surface area (Å²) in [4.78, 5) is 21.5. The standard InChI is InChI=1S/C18H12ClN3O3/c1-10-8-16-21-18(23)14(17(20)22(16)25-10)9-13-6-7-15(24-13)11-2-4-12(19)5-3-11/h2-9,20H,1H3/b14-9-,20-17?. The van der Waals surface area contributed by atoms with Crippen LogP contribution in [0.2, 0.25) is 5.02 Å². The van der Waals surface area contributed by atoms with E-state index in [1.54, 1.807) is 37.3 Å². The van der Waals surface area contributed by atoms with Crippen LogP contribution in [0.25, 0.3) is 17.4 Å². The molecule has 6 nitrogen and oxygen atoms in total. The Morgan fingerprint density at radius 3 is 2.72 bits per heavy atom.